The zero-order chi connectivity index (χ0) is 14.5. The van der Waals surface area contributed by atoms with E-state index in [1.807, 2.05) is 11.3 Å². The SMILES string of the molecule is CCCNC(CCC1CCCC1)c1csc2ccccc12. The van der Waals surface area contributed by atoms with Crippen molar-refractivity contribution in [3.8, 4) is 0 Å². The molecule has 0 spiro atoms. The molecule has 0 aliphatic heterocycles. The molecule has 1 nitrogen and oxygen atoms in total. The van der Waals surface area contributed by atoms with Crippen molar-refractivity contribution in [1.82, 2.24) is 5.32 Å². The van der Waals surface area contributed by atoms with Gasteiger partial charge in [0.15, 0.2) is 0 Å². The summed E-state index contributed by atoms with van der Waals surface area (Å²) >= 11 is 1.89. The molecule has 2 aromatic rings. The van der Waals surface area contributed by atoms with Gasteiger partial charge in [-0.3, -0.25) is 0 Å². The number of hydrogen-bond donors (Lipinski definition) is 1. The lowest BCUT2D eigenvalue weighted by Gasteiger charge is -2.20. The highest BCUT2D eigenvalue weighted by Crippen LogP contribution is 2.35. The Hall–Kier alpha value is -0.860. The van der Waals surface area contributed by atoms with Crippen molar-refractivity contribution in [1.29, 1.82) is 0 Å². The standard InChI is InChI=1S/C19H27NS/c1-2-13-20-18(12-11-15-7-3-4-8-15)17-14-21-19-10-6-5-9-16(17)19/h5-6,9-10,14-15,18,20H,2-4,7-8,11-13H2,1H3. The normalized spacial score (nSPS) is 17.6. The van der Waals surface area contributed by atoms with Crippen LogP contribution in [-0.4, -0.2) is 6.54 Å². The first-order valence-corrected chi connectivity index (χ1v) is 9.46. The van der Waals surface area contributed by atoms with E-state index in [9.17, 15) is 0 Å². The summed E-state index contributed by atoms with van der Waals surface area (Å²) < 4.78 is 1.43. The van der Waals surface area contributed by atoms with Gasteiger partial charge in [-0.15, -0.1) is 11.3 Å². The van der Waals surface area contributed by atoms with Crippen LogP contribution in [-0.2, 0) is 0 Å². The molecule has 21 heavy (non-hydrogen) atoms. The first-order chi connectivity index (χ1) is 10.4. The summed E-state index contributed by atoms with van der Waals surface area (Å²) in [6.07, 6.45) is 9.74. The van der Waals surface area contributed by atoms with Gasteiger partial charge in [-0.05, 0) is 54.1 Å². The molecule has 1 heterocycles. The maximum Gasteiger partial charge on any atom is 0.0346 e. The van der Waals surface area contributed by atoms with Crippen LogP contribution in [0.1, 0.15) is 63.5 Å². The van der Waals surface area contributed by atoms with Crippen molar-refractivity contribution in [2.45, 2.75) is 57.9 Å². The summed E-state index contributed by atoms with van der Waals surface area (Å²) in [6.45, 7) is 3.38. The van der Waals surface area contributed by atoms with Crippen molar-refractivity contribution in [2.24, 2.45) is 5.92 Å². The molecule has 1 N–H and O–H groups in total. The van der Waals surface area contributed by atoms with Gasteiger partial charge in [0, 0.05) is 10.7 Å². The molecule has 0 saturated heterocycles. The number of benzene rings is 1. The highest BCUT2D eigenvalue weighted by atomic mass is 32.1. The molecule has 3 rings (SSSR count). The van der Waals surface area contributed by atoms with Crippen molar-refractivity contribution in [3.05, 3.63) is 35.2 Å². The number of rotatable bonds is 7. The third-order valence-corrected chi connectivity index (χ3v) is 5.85. The summed E-state index contributed by atoms with van der Waals surface area (Å²) in [5.74, 6) is 0.987. The lowest BCUT2D eigenvalue weighted by atomic mass is 9.94. The predicted octanol–water partition coefficient (Wildman–Crippen LogP) is 5.91. The second-order valence-electron chi connectivity index (χ2n) is 6.42. The first-order valence-electron chi connectivity index (χ1n) is 8.58. The first kappa shape index (κ1) is 15.1. The summed E-state index contributed by atoms with van der Waals surface area (Å²) in [4.78, 5) is 0. The molecule has 1 unspecified atom stereocenters. The lowest BCUT2D eigenvalue weighted by molar-refractivity contribution is 0.413. The minimum atomic E-state index is 0.543. The molecule has 1 aliphatic rings. The summed E-state index contributed by atoms with van der Waals surface area (Å²) in [6, 6.07) is 9.40. The molecule has 2 heteroatoms. The van der Waals surface area contributed by atoms with Crippen molar-refractivity contribution in [3.63, 3.8) is 0 Å². The second kappa shape index (κ2) is 7.42. The van der Waals surface area contributed by atoms with Gasteiger partial charge in [0.1, 0.15) is 0 Å². The van der Waals surface area contributed by atoms with Gasteiger partial charge in [0.25, 0.3) is 0 Å². The zero-order valence-corrected chi connectivity index (χ0v) is 13.9. The molecular formula is C19H27NS. The number of hydrogen-bond acceptors (Lipinski definition) is 2. The molecule has 0 amide bonds. The van der Waals surface area contributed by atoms with E-state index in [1.165, 1.54) is 60.6 Å². The van der Waals surface area contributed by atoms with E-state index in [0.29, 0.717) is 6.04 Å². The Morgan fingerprint density at radius 2 is 2.05 bits per heavy atom. The molecule has 1 saturated carbocycles. The lowest BCUT2D eigenvalue weighted by Crippen LogP contribution is -2.22. The highest BCUT2D eigenvalue weighted by molar-refractivity contribution is 7.17. The molecule has 1 aliphatic carbocycles. The minimum Gasteiger partial charge on any atom is -0.310 e. The van der Waals surface area contributed by atoms with Crippen molar-refractivity contribution >= 4 is 21.4 Å². The van der Waals surface area contributed by atoms with Crippen LogP contribution < -0.4 is 5.32 Å². The van der Waals surface area contributed by atoms with Crippen LogP contribution in [0.25, 0.3) is 10.1 Å². The molecule has 0 radical (unpaired) electrons. The van der Waals surface area contributed by atoms with Gasteiger partial charge in [-0.25, -0.2) is 0 Å². The topological polar surface area (TPSA) is 12.0 Å². The monoisotopic (exact) mass is 301 g/mol. The third kappa shape index (κ3) is 3.67. The summed E-state index contributed by atoms with van der Waals surface area (Å²) in [5, 5.41) is 7.64. The molecule has 1 aromatic heterocycles. The number of nitrogens with one attached hydrogen (secondary N) is 1. The third-order valence-electron chi connectivity index (χ3n) is 4.87. The van der Waals surface area contributed by atoms with Crippen LogP contribution in [0.2, 0.25) is 0 Å². The highest BCUT2D eigenvalue weighted by Gasteiger charge is 2.19. The molecular weight excluding hydrogens is 274 g/mol. The van der Waals surface area contributed by atoms with Gasteiger partial charge in [-0.2, -0.15) is 0 Å². The quantitative estimate of drug-likeness (QED) is 0.670. The number of thiophene rings is 1. The van der Waals surface area contributed by atoms with E-state index in [0.717, 1.165) is 12.5 Å². The maximum absolute atomic E-state index is 3.79. The van der Waals surface area contributed by atoms with Crippen LogP contribution >= 0.6 is 11.3 Å². The predicted molar refractivity (Wildman–Crippen MR) is 94.1 cm³/mol. The van der Waals surface area contributed by atoms with Crippen LogP contribution in [0.5, 0.6) is 0 Å². The Kier molecular flexibility index (Phi) is 5.32. The second-order valence-corrected chi connectivity index (χ2v) is 7.33. The van der Waals surface area contributed by atoms with Crippen LogP contribution in [0.15, 0.2) is 29.6 Å². The van der Waals surface area contributed by atoms with Crippen LogP contribution in [0, 0.1) is 5.92 Å². The molecule has 1 aromatic carbocycles. The van der Waals surface area contributed by atoms with Gasteiger partial charge in [0.05, 0.1) is 0 Å². The summed E-state index contributed by atoms with van der Waals surface area (Å²) in [7, 11) is 0. The average Bonchev–Trinajstić information content (AvgIpc) is 3.17. The summed E-state index contributed by atoms with van der Waals surface area (Å²) in [5.41, 5.74) is 1.53. The smallest absolute Gasteiger partial charge is 0.0346 e. The van der Waals surface area contributed by atoms with Crippen LogP contribution in [0.3, 0.4) is 0 Å². The van der Waals surface area contributed by atoms with Gasteiger partial charge < -0.3 is 5.32 Å². The maximum atomic E-state index is 3.79. The Labute approximate surface area is 132 Å². The fraction of sp³-hybridized carbons (Fsp3) is 0.579. The van der Waals surface area contributed by atoms with Crippen LogP contribution in [0.4, 0.5) is 0 Å². The number of fused-ring (bicyclic) bond motifs is 1. The van der Waals surface area contributed by atoms with E-state index < -0.39 is 0 Å². The molecule has 1 atom stereocenters. The Balaban J connectivity index is 1.74. The minimum absolute atomic E-state index is 0.543. The van der Waals surface area contributed by atoms with Gasteiger partial charge in [-0.1, -0.05) is 50.8 Å². The van der Waals surface area contributed by atoms with E-state index in [-0.39, 0.29) is 0 Å². The fourth-order valence-electron chi connectivity index (χ4n) is 3.66. The molecule has 114 valence electrons. The fourth-order valence-corrected chi connectivity index (χ4v) is 4.67. The van der Waals surface area contributed by atoms with Gasteiger partial charge >= 0.3 is 0 Å². The Morgan fingerprint density at radius 1 is 1.24 bits per heavy atom. The molecule has 1 fully saturated rings. The van der Waals surface area contributed by atoms with Crippen molar-refractivity contribution < 1.29 is 0 Å². The average molecular weight is 301 g/mol. The van der Waals surface area contributed by atoms with E-state index in [2.05, 4.69) is 41.9 Å². The Bertz CT molecular complexity index is 553. The largest absolute Gasteiger partial charge is 0.310 e. The van der Waals surface area contributed by atoms with Crippen molar-refractivity contribution in [2.75, 3.05) is 6.54 Å². The van der Waals surface area contributed by atoms with E-state index in [4.69, 9.17) is 0 Å². The van der Waals surface area contributed by atoms with E-state index in [1.54, 1.807) is 0 Å². The zero-order valence-electron chi connectivity index (χ0n) is 13.1. The van der Waals surface area contributed by atoms with Gasteiger partial charge in [0.2, 0.25) is 0 Å². The Morgan fingerprint density at radius 3 is 2.86 bits per heavy atom. The van der Waals surface area contributed by atoms with E-state index >= 15 is 0 Å². The molecule has 0 bridgehead atoms.